The van der Waals surface area contributed by atoms with Crippen LogP contribution in [0.2, 0.25) is 0 Å². The molecular weight excluding hydrogens is 591 g/mol. The number of nitrogens with zero attached hydrogens (tertiary/aromatic N) is 3. The van der Waals surface area contributed by atoms with Crippen molar-refractivity contribution in [3.05, 3.63) is 89.5 Å². The minimum atomic E-state index is -4.74. The molecule has 0 spiro atoms. The van der Waals surface area contributed by atoms with Gasteiger partial charge in [-0.2, -0.15) is 17.0 Å². The number of hydrogen-bond donors (Lipinski definition) is 3. The van der Waals surface area contributed by atoms with E-state index in [2.05, 4.69) is 10.6 Å². The monoisotopic (exact) mass is 622 g/mol. The number of nitriles is 1. The summed E-state index contributed by atoms with van der Waals surface area (Å²) in [5.74, 6) is -0.694. The lowest BCUT2D eigenvalue weighted by Gasteiger charge is -2.36. The van der Waals surface area contributed by atoms with Crippen molar-refractivity contribution in [1.82, 2.24) is 9.80 Å². The Morgan fingerprint density at radius 2 is 1.77 bits per heavy atom. The van der Waals surface area contributed by atoms with E-state index >= 15 is 0 Å². The van der Waals surface area contributed by atoms with Gasteiger partial charge in [-0.15, -0.1) is 0 Å². The molecule has 3 amide bonds. The third-order valence-corrected chi connectivity index (χ3v) is 8.48. The number of phosphoric acid groups is 1. The van der Waals surface area contributed by atoms with Crippen molar-refractivity contribution in [1.29, 1.82) is 5.26 Å². The maximum absolute atomic E-state index is 13.9. The molecular formula is C30H31N4O7PS. The van der Waals surface area contributed by atoms with Gasteiger partial charge in [0.05, 0.1) is 11.6 Å². The van der Waals surface area contributed by atoms with Crippen molar-refractivity contribution in [2.45, 2.75) is 32.0 Å². The molecule has 4 N–H and O–H groups in total. The van der Waals surface area contributed by atoms with Crippen LogP contribution in [0.15, 0.2) is 72.8 Å². The highest BCUT2D eigenvalue weighted by Crippen LogP contribution is 2.37. The SMILES string of the molecule is CC(=O)N([C@@H](Cc1ccc(OP(=O)(O)O)cc1)C(N)=O)[C@H]1CSCCN(Cc2ccc(-c3ccccc3C#N)cc2)C1=O. The number of amides is 3. The van der Waals surface area contributed by atoms with Crippen LogP contribution in [0.3, 0.4) is 0 Å². The molecule has 4 rings (SSSR count). The predicted molar refractivity (Wildman–Crippen MR) is 161 cm³/mol. The summed E-state index contributed by atoms with van der Waals surface area (Å²) >= 11 is 1.50. The fraction of sp³-hybridized carbons (Fsp3) is 0.267. The number of primary amides is 1. The average molecular weight is 623 g/mol. The summed E-state index contributed by atoms with van der Waals surface area (Å²) in [5.41, 5.74) is 9.44. The molecule has 11 nitrogen and oxygen atoms in total. The molecule has 13 heteroatoms. The Morgan fingerprint density at radius 3 is 2.37 bits per heavy atom. The summed E-state index contributed by atoms with van der Waals surface area (Å²) in [5, 5.41) is 9.43. The number of carbonyl (C=O) groups excluding carboxylic acids is 3. The van der Waals surface area contributed by atoms with E-state index < -0.39 is 31.7 Å². The van der Waals surface area contributed by atoms with Gasteiger partial charge in [-0.25, -0.2) is 4.57 Å². The first kappa shape index (κ1) is 31.8. The molecule has 0 saturated carbocycles. The molecule has 224 valence electrons. The largest absolute Gasteiger partial charge is 0.524 e. The van der Waals surface area contributed by atoms with Crippen molar-refractivity contribution in [2.75, 3.05) is 18.1 Å². The maximum atomic E-state index is 13.9. The molecule has 0 radical (unpaired) electrons. The van der Waals surface area contributed by atoms with Gasteiger partial charge in [-0.05, 0) is 40.5 Å². The topological polar surface area (TPSA) is 174 Å². The first-order valence-corrected chi connectivity index (χ1v) is 16.0. The average Bonchev–Trinajstić information content (AvgIpc) is 3.14. The van der Waals surface area contributed by atoms with E-state index in [1.165, 1.54) is 47.9 Å². The zero-order chi connectivity index (χ0) is 31.1. The highest BCUT2D eigenvalue weighted by Gasteiger charge is 2.39. The van der Waals surface area contributed by atoms with Crippen molar-refractivity contribution in [3.8, 4) is 22.9 Å². The van der Waals surface area contributed by atoms with Gasteiger partial charge < -0.3 is 20.1 Å². The van der Waals surface area contributed by atoms with Crippen LogP contribution in [0.4, 0.5) is 0 Å². The Bertz CT molecular complexity index is 1570. The zero-order valence-corrected chi connectivity index (χ0v) is 25.0. The van der Waals surface area contributed by atoms with E-state index in [1.807, 2.05) is 42.5 Å². The summed E-state index contributed by atoms with van der Waals surface area (Å²) in [6, 6.07) is 20.7. The van der Waals surface area contributed by atoms with Gasteiger partial charge in [0.15, 0.2) is 0 Å². The predicted octanol–water partition coefficient (Wildman–Crippen LogP) is 3.09. The second kappa shape index (κ2) is 13.9. The number of nitrogens with two attached hydrogens (primary N) is 1. The second-order valence-electron chi connectivity index (χ2n) is 9.98. The first-order valence-electron chi connectivity index (χ1n) is 13.3. The molecule has 1 saturated heterocycles. The molecule has 3 aromatic rings. The van der Waals surface area contributed by atoms with E-state index in [0.717, 1.165) is 16.7 Å². The van der Waals surface area contributed by atoms with Crippen LogP contribution in [0.25, 0.3) is 11.1 Å². The Kier molecular flexibility index (Phi) is 10.3. The van der Waals surface area contributed by atoms with Gasteiger partial charge >= 0.3 is 7.82 Å². The molecule has 1 aliphatic rings. The Labute approximate surface area is 253 Å². The van der Waals surface area contributed by atoms with Crippen molar-refractivity contribution in [3.63, 3.8) is 0 Å². The minimum Gasteiger partial charge on any atom is -0.404 e. The molecule has 2 atom stereocenters. The molecule has 3 aromatic carbocycles. The summed E-state index contributed by atoms with van der Waals surface area (Å²) < 4.78 is 15.7. The van der Waals surface area contributed by atoms with Crippen LogP contribution < -0.4 is 10.3 Å². The summed E-state index contributed by atoms with van der Waals surface area (Å²) in [6.45, 7) is 2.04. The fourth-order valence-electron chi connectivity index (χ4n) is 5.00. The summed E-state index contributed by atoms with van der Waals surface area (Å²) in [6.07, 6.45) is -0.00875. The summed E-state index contributed by atoms with van der Waals surface area (Å²) in [7, 11) is -4.74. The van der Waals surface area contributed by atoms with Crippen molar-refractivity contribution in [2.24, 2.45) is 5.73 Å². The van der Waals surface area contributed by atoms with E-state index in [0.29, 0.717) is 30.0 Å². The lowest BCUT2D eigenvalue weighted by atomic mass is 9.99. The molecule has 43 heavy (non-hydrogen) atoms. The maximum Gasteiger partial charge on any atom is 0.524 e. The molecule has 1 aliphatic heterocycles. The van der Waals surface area contributed by atoms with E-state index in [9.17, 15) is 24.2 Å². The van der Waals surface area contributed by atoms with Gasteiger partial charge in [0.25, 0.3) is 0 Å². The van der Waals surface area contributed by atoms with Crippen LogP contribution in [-0.4, -0.2) is 67.4 Å². The third-order valence-electron chi connectivity index (χ3n) is 7.00. The fourth-order valence-corrected chi connectivity index (χ4v) is 6.44. The van der Waals surface area contributed by atoms with Gasteiger partial charge in [0, 0.05) is 37.9 Å². The number of benzene rings is 3. The van der Waals surface area contributed by atoms with Crippen LogP contribution in [-0.2, 0) is 31.9 Å². The zero-order valence-electron chi connectivity index (χ0n) is 23.3. The van der Waals surface area contributed by atoms with Crippen molar-refractivity contribution < 1.29 is 33.3 Å². The number of rotatable bonds is 10. The van der Waals surface area contributed by atoms with Crippen LogP contribution in [0, 0.1) is 11.3 Å². The second-order valence-corrected chi connectivity index (χ2v) is 12.3. The highest BCUT2D eigenvalue weighted by molar-refractivity contribution is 7.99. The smallest absolute Gasteiger partial charge is 0.404 e. The molecule has 0 unspecified atom stereocenters. The summed E-state index contributed by atoms with van der Waals surface area (Å²) in [4.78, 5) is 60.4. The standard InChI is InChI=1S/C30H31N4O7PS/c1-20(35)34(27(29(32)36)16-21-8-12-25(13-9-21)41-42(38,39)40)28-19-43-15-14-33(30(28)37)18-22-6-10-23(11-7-22)26-5-3-2-4-24(26)17-31/h2-13,27-28H,14-16,18-19H2,1H3,(H2,32,36)(H2,38,39,40)/t27-,28-/m0/s1. The minimum absolute atomic E-state index is 0.00875. The first-order chi connectivity index (χ1) is 20.5. The number of carbonyl (C=O) groups is 3. The lowest BCUT2D eigenvalue weighted by molar-refractivity contribution is -0.148. The van der Waals surface area contributed by atoms with E-state index in [-0.39, 0.29) is 23.8 Å². The molecule has 0 aromatic heterocycles. The molecule has 1 heterocycles. The Hall–Kier alpha value is -4.14. The normalized spacial score (nSPS) is 16.1. The molecule has 1 fully saturated rings. The van der Waals surface area contributed by atoms with E-state index in [4.69, 9.17) is 15.5 Å². The van der Waals surface area contributed by atoms with Gasteiger partial charge in [0.2, 0.25) is 17.7 Å². The number of thioether (sulfide) groups is 1. The van der Waals surface area contributed by atoms with Crippen molar-refractivity contribution >= 4 is 37.3 Å². The number of hydrogen-bond acceptors (Lipinski definition) is 7. The van der Waals surface area contributed by atoms with Gasteiger partial charge in [-0.3, -0.25) is 24.2 Å². The van der Waals surface area contributed by atoms with Crippen LogP contribution in [0.5, 0.6) is 5.75 Å². The van der Waals surface area contributed by atoms with Gasteiger partial charge in [-0.1, -0.05) is 54.6 Å². The molecule has 0 aliphatic carbocycles. The van der Waals surface area contributed by atoms with E-state index in [1.54, 1.807) is 11.0 Å². The Balaban J connectivity index is 1.53. The number of phosphoric ester groups is 1. The highest BCUT2D eigenvalue weighted by atomic mass is 32.2. The van der Waals surface area contributed by atoms with Crippen LogP contribution >= 0.6 is 19.6 Å². The third kappa shape index (κ3) is 8.24. The molecule has 0 bridgehead atoms. The van der Waals surface area contributed by atoms with Crippen LogP contribution in [0.1, 0.15) is 23.6 Å². The van der Waals surface area contributed by atoms with Gasteiger partial charge in [0.1, 0.15) is 17.8 Å². The quantitative estimate of drug-likeness (QED) is 0.287. The lowest BCUT2D eigenvalue weighted by Crippen LogP contribution is -2.58. The Morgan fingerprint density at radius 1 is 1.12 bits per heavy atom.